The van der Waals surface area contributed by atoms with Crippen molar-refractivity contribution in [2.75, 3.05) is 24.7 Å². The molecule has 0 radical (unpaired) electrons. The first-order valence-corrected chi connectivity index (χ1v) is 6.71. The zero-order chi connectivity index (χ0) is 11.2. The van der Waals surface area contributed by atoms with Crippen molar-refractivity contribution in [3.05, 3.63) is 0 Å². The fourth-order valence-corrected chi connectivity index (χ4v) is 2.52. The first-order chi connectivity index (χ1) is 6.37. The molecule has 1 atom stereocenters. The molecule has 0 aliphatic heterocycles. The molecule has 0 aromatic heterocycles. The van der Waals surface area contributed by atoms with Crippen molar-refractivity contribution in [3.8, 4) is 0 Å². The molecule has 14 heavy (non-hydrogen) atoms. The van der Waals surface area contributed by atoms with Gasteiger partial charge in [-0.25, -0.2) is 8.42 Å². The molecule has 0 heterocycles. The minimum Gasteiger partial charge on any atom is -0.378 e. The number of hydrogen-bond acceptors (Lipinski definition) is 4. The summed E-state index contributed by atoms with van der Waals surface area (Å²) in [6.45, 7) is 6.28. The van der Waals surface area contributed by atoms with Crippen LogP contribution in [0.25, 0.3) is 0 Å². The van der Waals surface area contributed by atoms with E-state index in [4.69, 9.17) is 10.5 Å². The van der Waals surface area contributed by atoms with Gasteiger partial charge in [0, 0.05) is 0 Å². The topological polar surface area (TPSA) is 69.4 Å². The lowest BCUT2D eigenvalue weighted by atomic mass is 10.2. The van der Waals surface area contributed by atoms with Crippen LogP contribution in [0, 0.1) is 5.92 Å². The molecule has 86 valence electrons. The maximum atomic E-state index is 11.4. The van der Waals surface area contributed by atoms with E-state index in [1.165, 1.54) is 0 Å². The summed E-state index contributed by atoms with van der Waals surface area (Å²) < 4.78 is 28.1. The quantitative estimate of drug-likeness (QED) is 0.679. The lowest BCUT2D eigenvalue weighted by Crippen LogP contribution is -2.25. The summed E-state index contributed by atoms with van der Waals surface area (Å²) in [5.41, 5.74) is 5.36. The van der Waals surface area contributed by atoms with Crippen LogP contribution >= 0.6 is 0 Å². The molecule has 1 unspecified atom stereocenters. The van der Waals surface area contributed by atoms with Gasteiger partial charge in [0.1, 0.15) is 0 Å². The lowest BCUT2D eigenvalue weighted by molar-refractivity contribution is 0.0912. The van der Waals surface area contributed by atoms with E-state index < -0.39 is 9.84 Å². The number of ether oxygens (including phenoxy) is 1. The second-order valence-electron chi connectivity index (χ2n) is 3.87. The lowest BCUT2D eigenvalue weighted by Gasteiger charge is -2.10. The monoisotopic (exact) mass is 223 g/mol. The normalized spacial score (nSPS) is 14.6. The predicted octanol–water partition coefficient (Wildman–Crippen LogP) is 0.421. The van der Waals surface area contributed by atoms with Crippen molar-refractivity contribution >= 4 is 9.84 Å². The fraction of sp³-hybridized carbons (Fsp3) is 1.00. The number of rotatable bonds is 7. The van der Waals surface area contributed by atoms with Crippen LogP contribution in [0.4, 0.5) is 0 Å². The van der Waals surface area contributed by atoms with Gasteiger partial charge in [-0.3, -0.25) is 0 Å². The largest absolute Gasteiger partial charge is 0.378 e. The third-order valence-corrected chi connectivity index (χ3v) is 3.65. The molecule has 0 aliphatic carbocycles. The second-order valence-corrected chi connectivity index (χ2v) is 6.10. The van der Waals surface area contributed by atoms with E-state index in [2.05, 4.69) is 0 Å². The van der Waals surface area contributed by atoms with E-state index in [9.17, 15) is 8.42 Å². The van der Waals surface area contributed by atoms with Crippen LogP contribution in [-0.2, 0) is 14.6 Å². The zero-order valence-electron chi connectivity index (χ0n) is 9.19. The molecule has 0 amide bonds. The molecule has 0 aromatic rings. The second kappa shape index (κ2) is 6.37. The average molecular weight is 223 g/mol. The van der Waals surface area contributed by atoms with E-state index in [0.717, 1.165) is 0 Å². The SMILES string of the molecule is CC(CN)CS(=O)(=O)CCOC(C)C. The van der Waals surface area contributed by atoms with Gasteiger partial charge in [0.2, 0.25) is 0 Å². The summed E-state index contributed by atoms with van der Waals surface area (Å²) >= 11 is 0. The molecule has 5 heteroatoms. The summed E-state index contributed by atoms with van der Waals surface area (Å²) in [5.74, 6) is 0.277. The van der Waals surface area contributed by atoms with E-state index in [1.807, 2.05) is 20.8 Å². The number of nitrogens with two attached hydrogens (primary N) is 1. The van der Waals surface area contributed by atoms with Crippen LogP contribution in [0.15, 0.2) is 0 Å². The average Bonchev–Trinajstić information content (AvgIpc) is 2.02. The highest BCUT2D eigenvalue weighted by Gasteiger charge is 2.14. The van der Waals surface area contributed by atoms with Gasteiger partial charge in [0.15, 0.2) is 9.84 Å². The summed E-state index contributed by atoms with van der Waals surface area (Å²) in [7, 11) is -2.99. The van der Waals surface area contributed by atoms with Crippen molar-refractivity contribution in [2.45, 2.75) is 26.9 Å². The standard InChI is InChI=1S/C9H21NO3S/c1-8(2)13-4-5-14(11,12)7-9(3)6-10/h8-9H,4-7,10H2,1-3H3. The smallest absolute Gasteiger partial charge is 0.152 e. The maximum Gasteiger partial charge on any atom is 0.152 e. The van der Waals surface area contributed by atoms with Crippen LogP contribution in [0.2, 0.25) is 0 Å². The van der Waals surface area contributed by atoms with E-state index in [0.29, 0.717) is 6.54 Å². The van der Waals surface area contributed by atoms with Crippen LogP contribution in [0.3, 0.4) is 0 Å². The first kappa shape index (κ1) is 13.9. The molecule has 0 rings (SSSR count). The van der Waals surface area contributed by atoms with Gasteiger partial charge >= 0.3 is 0 Å². The fourth-order valence-electron chi connectivity index (χ4n) is 0.996. The van der Waals surface area contributed by atoms with Gasteiger partial charge in [0.05, 0.1) is 24.2 Å². The molecule has 0 saturated carbocycles. The van der Waals surface area contributed by atoms with Crippen LogP contribution < -0.4 is 5.73 Å². The Bertz CT molecular complexity index is 236. The van der Waals surface area contributed by atoms with Crippen molar-refractivity contribution < 1.29 is 13.2 Å². The Morgan fingerprint density at radius 1 is 1.29 bits per heavy atom. The van der Waals surface area contributed by atoms with Gasteiger partial charge in [-0.2, -0.15) is 0 Å². The Morgan fingerprint density at radius 3 is 2.29 bits per heavy atom. The highest BCUT2D eigenvalue weighted by Crippen LogP contribution is 2.01. The third-order valence-electron chi connectivity index (χ3n) is 1.79. The summed E-state index contributed by atoms with van der Waals surface area (Å²) in [6, 6.07) is 0. The zero-order valence-corrected chi connectivity index (χ0v) is 10.0. The van der Waals surface area contributed by atoms with Gasteiger partial charge < -0.3 is 10.5 Å². The third kappa shape index (κ3) is 7.29. The van der Waals surface area contributed by atoms with E-state index in [1.54, 1.807) is 0 Å². The van der Waals surface area contributed by atoms with Gasteiger partial charge in [0.25, 0.3) is 0 Å². The van der Waals surface area contributed by atoms with Crippen LogP contribution in [0.5, 0.6) is 0 Å². The molecular formula is C9H21NO3S. The maximum absolute atomic E-state index is 11.4. The van der Waals surface area contributed by atoms with E-state index in [-0.39, 0.29) is 30.1 Å². The van der Waals surface area contributed by atoms with Crippen molar-refractivity contribution in [3.63, 3.8) is 0 Å². The minimum atomic E-state index is -2.99. The number of sulfone groups is 1. The van der Waals surface area contributed by atoms with Gasteiger partial charge in [-0.15, -0.1) is 0 Å². The predicted molar refractivity (Wildman–Crippen MR) is 58.0 cm³/mol. The highest BCUT2D eigenvalue weighted by molar-refractivity contribution is 7.91. The van der Waals surface area contributed by atoms with Crippen LogP contribution in [-0.4, -0.2) is 39.2 Å². The van der Waals surface area contributed by atoms with Crippen LogP contribution in [0.1, 0.15) is 20.8 Å². The molecule has 4 nitrogen and oxygen atoms in total. The molecule has 0 aromatic carbocycles. The summed E-state index contributed by atoms with van der Waals surface area (Å²) in [4.78, 5) is 0. The van der Waals surface area contributed by atoms with E-state index >= 15 is 0 Å². The Balaban J connectivity index is 3.84. The summed E-state index contributed by atoms with van der Waals surface area (Å²) in [6.07, 6.45) is 0.0807. The van der Waals surface area contributed by atoms with Crippen molar-refractivity contribution in [1.29, 1.82) is 0 Å². The Labute approximate surface area is 86.7 Å². The summed E-state index contributed by atoms with van der Waals surface area (Å²) in [5, 5.41) is 0. The molecular weight excluding hydrogens is 202 g/mol. The first-order valence-electron chi connectivity index (χ1n) is 4.89. The Hall–Kier alpha value is -0.130. The molecule has 2 N–H and O–H groups in total. The molecule has 0 bridgehead atoms. The molecule has 0 saturated heterocycles. The van der Waals surface area contributed by atoms with Gasteiger partial charge in [-0.1, -0.05) is 6.92 Å². The Morgan fingerprint density at radius 2 is 1.86 bits per heavy atom. The molecule has 0 fully saturated rings. The minimum absolute atomic E-state index is 0.0269. The number of hydrogen-bond donors (Lipinski definition) is 1. The Kier molecular flexibility index (Phi) is 6.31. The van der Waals surface area contributed by atoms with Crippen molar-refractivity contribution in [2.24, 2.45) is 11.7 Å². The van der Waals surface area contributed by atoms with Gasteiger partial charge in [-0.05, 0) is 26.3 Å². The molecule has 0 aliphatic rings. The highest BCUT2D eigenvalue weighted by atomic mass is 32.2. The molecule has 0 spiro atoms. The van der Waals surface area contributed by atoms with Crippen molar-refractivity contribution in [1.82, 2.24) is 0 Å².